The Morgan fingerprint density at radius 2 is 2.17 bits per heavy atom. The molecule has 0 aliphatic carbocycles. The number of nitro groups is 1. The predicted molar refractivity (Wildman–Crippen MR) is 60.4 cm³/mol. The third-order valence-electron chi connectivity index (χ3n) is 2.05. The summed E-state index contributed by atoms with van der Waals surface area (Å²) in [6.45, 7) is 1.09. The first kappa shape index (κ1) is 13.6. The molecular weight excluding hydrogens is 242 g/mol. The molecule has 18 heavy (non-hydrogen) atoms. The van der Waals surface area contributed by atoms with Gasteiger partial charge in [-0.2, -0.15) is 0 Å². The number of nitrogens with one attached hydrogen (secondary N) is 1. The molecule has 0 saturated heterocycles. The highest BCUT2D eigenvalue weighted by Crippen LogP contribution is 2.19. The van der Waals surface area contributed by atoms with Gasteiger partial charge in [0.15, 0.2) is 6.61 Å². The average Bonchev–Trinajstić information content (AvgIpc) is 2.28. The summed E-state index contributed by atoms with van der Waals surface area (Å²) in [7, 11) is 0. The Balaban J connectivity index is 2.77. The fraction of sp³-hybridized carbons (Fsp3) is 0.200. The normalized spacial score (nSPS) is 9.83. The zero-order chi connectivity index (χ0) is 13.7. The molecule has 1 aromatic rings. The molecule has 0 aromatic heterocycles. The monoisotopic (exact) mass is 253 g/mol. The first-order valence-corrected chi connectivity index (χ1v) is 4.87. The van der Waals surface area contributed by atoms with Crippen molar-refractivity contribution < 1.29 is 19.3 Å². The summed E-state index contributed by atoms with van der Waals surface area (Å²) in [5.41, 5.74) is 7.07. The molecule has 0 saturated carbocycles. The number of rotatable bonds is 5. The lowest BCUT2D eigenvalue weighted by Crippen LogP contribution is -2.29. The largest absolute Gasteiger partial charge is 0.368 e. The second-order valence-corrected chi connectivity index (χ2v) is 3.44. The van der Waals surface area contributed by atoms with Crippen LogP contribution in [0, 0.1) is 17.0 Å². The Morgan fingerprint density at radius 3 is 2.72 bits per heavy atom. The summed E-state index contributed by atoms with van der Waals surface area (Å²) >= 11 is 0. The van der Waals surface area contributed by atoms with Crippen molar-refractivity contribution in [1.29, 1.82) is 0 Å². The number of hydrogen-bond acceptors (Lipinski definition) is 5. The van der Waals surface area contributed by atoms with Gasteiger partial charge in [-0.3, -0.25) is 24.5 Å². The molecule has 0 unspecified atom stereocenters. The number of nitrogens with zero attached hydrogens (tertiary/aromatic N) is 1. The zero-order valence-corrected chi connectivity index (χ0v) is 9.50. The molecule has 3 N–H and O–H groups in total. The number of primary amides is 1. The Kier molecular flexibility index (Phi) is 4.33. The molecule has 2 amide bonds. The van der Waals surface area contributed by atoms with Gasteiger partial charge in [0.2, 0.25) is 5.91 Å². The van der Waals surface area contributed by atoms with Gasteiger partial charge < -0.3 is 5.73 Å². The molecule has 0 aliphatic rings. The number of nitrogens with two attached hydrogens (primary N) is 1. The smallest absolute Gasteiger partial charge is 0.275 e. The summed E-state index contributed by atoms with van der Waals surface area (Å²) in [4.78, 5) is 36.5. The van der Waals surface area contributed by atoms with Crippen molar-refractivity contribution in [1.82, 2.24) is 5.48 Å². The standard InChI is InChI=1S/C10H11N3O5/c1-6-2-3-7(4-8(6)13(16)17)10(15)12-18-5-9(11)14/h2-4H,5H2,1H3,(H2,11,14)(H,12,15). The molecule has 0 bridgehead atoms. The van der Waals surface area contributed by atoms with Crippen LogP contribution >= 0.6 is 0 Å². The van der Waals surface area contributed by atoms with Crippen molar-refractivity contribution >= 4 is 17.5 Å². The van der Waals surface area contributed by atoms with Crippen molar-refractivity contribution in [3.05, 3.63) is 39.4 Å². The van der Waals surface area contributed by atoms with Gasteiger partial charge in [0.05, 0.1) is 4.92 Å². The topological polar surface area (TPSA) is 125 Å². The summed E-state index contributed by atoms with van der Waals surface area (Å²) in [5.74, 6) is -1.44. The molecule has 8 nitrogen and oxygen atoms in total. The Bertz CT molecular complexity index is 500. The van der Waals surface area contributed by atoms with Gasteiger partial charge in [-0.25, -0.2) is 5.48 Å². The van der Waals surface area contributed by atoms with Gasteiger partial charge >= 0.3 is 0 Å². The molecule has 0 fully saturated rings. The molecule has 0 radical (unpaired) electrons. The SMILES string of the molecule is Cc1ccc(C(=O)NOCC(N)=O)cc1[N+](=O)[O-]. The van der Waals surface area contributed by atoms with E-state index in [-0.39, 0.29) is 11.3 Å². The highest BCUT2D eigenvalue weighted by molar-refractivity contribution is 5.94. The Labute approximate surface area is 102 Å². The van der Waals surface area contributed by atoms with Crippen LogP contribution in [0.25, 0.3) is 0 Å². The lowest BCUT2D eigenvalue weighted by molar-refractivity contribution is -0.385. The van der Waals surface area contributed by atoms with E-state index in [9.17, 15) is 19.7 Å². The number of amides is 2. The van der Waals surface area contributed by atoms with Crippen molar-refractivity contribution in [2.45, 2.75) is 6.92 Å². The third-order valence-corrected chi connectivity index (χ3v) is 2.05. The zero-order valence-electron chi connectivity index (χ0n) is 9.50. The van der Waals surface area contributed by atoms with Crippen LogP contribution in [-0.4, -0.2) is 23.3 Å². The average molecular weight is 253 g/mol. The number of carbonyl (C=O) groups is 2. The second-order valence-electron chi connectivity index (χ2n) is 3.44. The quantitative estimate of drug-likeness (QED) is 0.566. The minimum Gasteiger partial charge on any atom is -0.368 e. The highest BCUT2D eigenvalue weighted by Gasteiger charge is 2.15. The van der Waals surface area contributed by atoms with Crippen molar-refractivity contribution in [3.8, 4) is 0 Å². The molecule has 0 heterocycles. The molecule has 96 valence electrons. The molecule has 8 heteroatoms. The van der Waals surface area contributed by atoms with E-state index in [2.05, 4.69) is 4.84 Å². The molecule has 1 rings (SSSR count). The third kappa shape index (κ3) is 3.52. The molecule has 1 aromatic carbocycles. The van der Waals surface area contributed by atoms with Crippen LogP contribution in [0.4, 0.5) is 5.69 Å². The van der Waals surface area contributed by atoms with Gasteiger partial charge in [-0.1, -0.05) is 6.07 Å². The van der Waals surface area contributed by atoms with E-state index in [1.165, 1.54) is 12.1 Å². The predicted octanol–water partition coefficient (Wildman–Crippen LogP) is 0.0499. The molecule has 0 atom stereocenters. The first-order chi connectivity index (χ1) is 8.41. The van der Waals surface area contributed by atoms with Crippen LogP contribution in [0.15, 0.2) is 18.2 Å². The number of hydrogen-bond donors (Lipinski definition) is 2. The van der Waals surface area contributed by atoms with E-state index >= 15 is 0 Å². The van der Waals surface area contributed by atoms with Gasteiger partial charge in [0.1, 0.15) is 0 Å². The number of aryl methyl sites for hydroxylation is 1. The van der Waals surface area contributed by atoms with Gasteiger partial charge in [-0.05, 0) is 13.0 Å². The second kappa shape index (κ2) is 5.73. The maximum absolute atomic E-state index is 11.5. The van der Waals surface area contributed by atoms with Crippen LogP contribution in [0.1, 0.15) is 15.9 Å². The maximum atomic E-state index is 11.5. The van der Waals surface area contributed by atoms with Crippen molar-refractivity contribution in [2.75, 3.05) is 6.61 Å². The number of benzene rings is 1. The van der Waals surface area contributed by atoms with E-state index in [0.29, 0.717) is 5.56 Å². The first-order valence-electron chi connectivity index (χ1n) is 4.87. The van der Waals surface area contributed by atoms with E-state index in [1.807, 2.05) is 5.48 Å². The Hall–Kier alpha value is -2.48. The van der Waals surface area contributed by atoms with Gasteiger partial charge in [0, 0.05) is 17.2 Å². The lowest BCUT2D eigenvalue weighted by Gasteiger charge is -2.04. The fourth-order valence-electron chi connectivity index (χ4n) is 1.18. The molecular formula is C10H11N3O5. The number of nitro benzene ring substituents is 1. The minimum absolute atomic E-state index is 0.0526. The van der Waals surface area contributed by atoms with Crippen LogP contribution in [-0.2, 0) is 9.63 Å². The van der Waals surface area contributed by atoms with E-state index < -0.39 is 23.3 Å². The van der Waals surface area contributed by atoms with Crippen LogP contribution in [0.2, 0.25) is 0 Å². The number of carbonyl (C=O) groups excluding carboxylic acids is 2. The van der Waals surface area contributed by atoms with Crippen molar-refractivity contribution in [2.24, 2.45) is 5.73 Å². The maximum Gasteiger partial charge on any atom is 0.275 e. The van der Waals surface area contributed by atoms with Crippen LogP contribution in [0.3, 0.4) is 0 Å². The van der Waals surface area contributed by atoms with Crippen molar-refractivity contribution in [3.63, 3.8) is 0 Å². The molecule has 0 spiro atoms. The Morgan fingerprint density at radius 1 is 1.50 bits per heavy atom. The van der Waals surface area contributed by atoms with Gasteiger partial charge in [0.25, 0.3) is 11.6 Å². The summed E-state index contributed by atoms with van der Waals surface area (Å²) in [5, 5.41) is 10.7. The van der Waals surface area contributed by atoms with E-state index in [1.54, 1.807) is 6.92 Å². The minimum atomic E-state index is -0.745. The molecule has 0 aliphatic heterocycles. The van der Waals surface area contributed by atoms with Crippen LogP contribution in [0.5, 0.6) is 0 Å². The van der Waals surface area contributed by atoms with E-state index in [4.69, 9.17) is 5.73 Å². The highest BCUT2D eigenvalue weighted by atomic mass is 16.7. The summed E-state index contributed by atoms with van der Waals surface area (Å²) in [6, 6.07) is 3.98. The van der Waals surface area contributed by atoms with Crippen LogP contribution < -0.4 is 11.2 Å². The lowest BCUT2D eigenvalue weighted by atomic mass is 10.1. The summed E-state index contributed by atoms with van der Waals surface area (Å²) in [6.07, 6.45) is 0. The van der Waals surface area contributed by atoms with Gasteiger partial charge in [-0.15, -0.1) is 0 Å². The summed E-state index contributed by atoms with van der Waals surface area (Å²) < 4.78 is 0. The van der Waals surface area contributed by atoms with E-state index in [0.717, 1.165) is 6.07 Å². The number of hydroxylamine groups is 1. The fourth-order valence-corrected chi connectivity index (χ4v) is 1.18.